The molecule has 142 valence electrons. The number of halogens is 5. The first-order chi connectivity index (χ1) is 12.7. The average molecular weight is 419 g/mol. The van der Waals surface area contributed by atoms with Gasteiger partial charge in [0.15, 0.2) is 11.4 Å². The Morgan fingerprint density at radius 1 is 1.30 bits per heavy atom. The fourth-order valence-corrected chi connectivity index (χ4v) is 3.44. The summed E-state index contributed by atoms with van der Waals surface area (Å²) in [6.45, 7) is 1.60. The highest BCUT2D eigenvalue weighted by Crippen LogP contribution is 2.33. The number of rotatable bonds is 4. The van der Waals surface area contributed by atoms with Crippen LogP contribution in [0.25, 0.3) is 5.69 Å². The van der Waals surface area contributed by atoms with E-state index in [1.165, 1.54) is 23.5 Å². The Morgan fingerprint density at radius 2 is 2.04 bits per heavy atom. The molecule has 1 amide bonds. The van der Waals surface area contributed by atoms with Crippen LogP contribution in [0.2, 0.25) is 4.34 Å². The fourth-order valence-electron chi connectivity index (χ4n) is 2.37. The van der Waals surface area contributed by atoms with Gasteiger partial charge in [0.05, 0.1) is 16.1 Å². The monoisotopic (exact) mass is 418 g/mol. The van der Waals surface area contributed by atoms with Gasteiger partial charge in [0.1, 0.15) is 5.82 Å². The molecule has 11 heteroatoms. The SMILES string of the molecule is CC(NC(=O)c1nnn(-c2cccc(F)c2)c1C(F)(F)F)c1ccc(Cl)s1. The van der Waals surface area contributed by atoms with E-state index in [1.54, 1.807) is 19.1 Å². The van der Waals surface area contributed by atoms with E-state index in [0.29, 0.717) is 13.9 Å². The third-order valence-electron chi connectivity index (χ3n) is 3.57. The molecule has 27 heavy (non-hydrogen) atoms. The molecule has 5 nitrogen and oxygen atoms in total. The number of alkyl halides is 3. The zero-order valence-electron chi connectivity index (χ0n) is 13.6. The second-order valence-electron chi connectivity index (χ2n) is 5.51. The average Bonchev–Trinajstić information content (AvgIpc) is 3.20. The van der Waals surface area contributed by atoms with Gasteiger partial charge in [-0.1, -0.05) is 22.9 Å². The van der Waals surface area contributed by atoms with Gasteiger partial charge < -0.3 is 5.32 Å². The van der Waals surface area contributed by atoms with Gasteiger partial charge in [0.2, 0.25) is 0 Å². The Kier molecular flexibility index (Phi) is 5.20. The Hall–Kier alpha value is -2.46. The van der Waals surface area contributed by atoms with Crippen molar-refractivity contribution in [3.8, 4) is 5.69 Å². The summed E-state index contributed by atoms with van der Waals surface area (Å²) in [7, 11) is 0. The van der Waals surface area contributed by atoms with Crippen molar-refractivity contribution in [3.63, 3.8) is 0 Å². The highest BCUT2D eigenvalue weighted by atomic mass is 35.5. The van der Waals surface area contributed by atoms with Crippen LogP contribution in [0.1, 0.15) is 34.0 Å². The molecule has 1 atom stereocenters. The summed E-state index contributed by atoms with van der Waals surface area (Å²) in [4.78, 5) is 13.1. The van der Waals surface area contributed by atoms with Crippen LogP contribution < -0.4 is 5.32 Å². The van der Waals surface area contributed by atoms with E-state index in [0.717, 1.165) is 12.1 Å². The van der Waals surface area contributed by atoms with E-state index in [-0.39, 0.29) is 5.69 Å². The van der Waals surface area contributed by atoms with Crippen molar-refractivity contribution in [3.05, 3.63) is 62.8 Å². The topological polar surface area (TPSA) is 59.8 Å². The number of carbonyl (C=O) groups is 1. The highest BCUT2D eigenvalue weighted by molar-refractivity contribution is 7.16. The van der Waals surface area contributed by atoms with Crippen molar-refractivity contribution in [2.24, 2.45) is 0 Å². The van der Waals surface area contributed by atoms with Gasteiger partial charge in [-0.3, -0.25) is 4.79 Å². The third-order valence-corrected chi connectivity index (χ3v) is 4.99. The first kappa shape index (κ1) is 19.3. The largest absolute Gasteiger partial charge is 0.435 e. The van der Waals surface area contributed by atoms with E-state index in [4.69, 9.17) is 11.6 Å². The molecule has 2 aromatic heterocycles. The number of hydrogen-bond acceptors (Lipinski definition) is 4. The molecule has 3 rings (SSSR count). The second-order valence-corrected chi connectivity index (χ2v) is 7.26. The van der Waals surface area contributed by atoms with E-state index in [1.807, 2.05) is 0 Å². The molecule has 0 spiro atoms. The predicted molar refractivity (Wildman–Crippen MR) is 91.5 cm³/mol. The number of amides is 1. The van der Waals surface area contributed by atoms with E-state index in [2.05, 4.69) is 15.6 Å². The zero-order chi connectivity index (χ0) is 19.8. The lowest BCUT2D eigenvalue weighted by molar-refractivity contribution is -0.143. The summed E-state index contributed by atoms with van der Waals surface area (Å²) in [6, 6.07) is 7.09. The summed E-state index contributed by atoms with van der Waals surface area (Å²) in [5.41, 5.74) is -2.49. The zero-order valence-corrected chi connectivity index (χ0v) is 15.2. The Balaban J connectivity index is 1.97. The quantitative estimate of drug-likeness (QED) is 0.628. The van der Waals surface area contributed by atoms with Gasteiger partial charge in [-0.25, -0.2) is 9.07 Å². The summed E-state index contributed by atoms with van der Waals surface area (Å²) in [5, 5.41) is 9.21. The molecule has 0 aliphatic heterocycles. The minimum atomic E-state index is -4.93. The van der Waals surface area contributed by atoms with Crippen LogP contribution >= 0.6 is 22.9 Å². The molecule has 0 saturated carbocycles. The van der Waals surface area contributed by atoms with Gasteiger partial charge in [-0.15, -0.1) is 16.4 Å². The van der Waals surface area contributed by atoms with Crippen molar-refractivity contribution in [2.45, 2.75) is 19.1 Å². The summed E-state index contributed by atoms with van der Waals surface area (Å²) in [5.74, 6) is -1.80. The second kappa shape index (κ2) is 7.28. The first-order valence-corrected chi connectivity index (χ1v) is 8.71. The number of benzene rings is 1. The van der Waals surface area contributed by atoms with Gasteiger partial charge in [0, 0.05) is 4.88 Å². The van der Waals surface area contributed by atoms with Crippen LogP contribution in [0.4, 0.5) is 17.6 Å². The van der Waals surface area contributed by atoms with Crippen molar-refractivity contribution in [1.82, 2.24) is 20.3 Å². The maximum absolute atomic E-state index is 13.6. The smallest absolute Gasteiger partial charge is 0.343 e. The lowest BCUT2D eigenvalue weighted by Crippen LogP contribution is -2.29. The number of nitrogens with zero attached hydrogens (tertiary/aromatic N) is 3. The lowest BCUT2D eigenvalue weighted by atomic mass is 10.2. The van der Waals surface area contributed by atoms with Crippen LogP contribution in [0.3, 0.4) is 0 Å². The number of carbonyl (C=O) groups excluding carboxylic acids is 1. The number of hydrogen-bond donors (Lipinski definition) is 1. The van der Waals surface area contributed by atoms with Crippen molar-refractivity contribution in [1.29, 1.82) is 0 Å². The molecular formula is C16H11ClF4N4OS. The van der Waals surface area contributed by atoms with Gasteiger partial charge in [-0.2, -0.15) is 13.2 Å². The van der Waals surface area contributed by atoms with Crippen LogP contribution in [0, 0.1) is 5.82 Å². The maximum Gasteiger partial charge on any atom is 0.435 e. The lowest BCUT2D eigenvalue weighted by Gasteiger charge is -2.14. The standard InChI is InChI=1S/C16H11ClF4N4OS/c1-8(11-5-6-12(17)27-11)22-15(26)13-14(16(19,20)21)25(24-23-13)10-4-2-3-9(18)7-10/h2-8H,1H3,(H,22,26). The molecule has 1 aromatic carbocycles. The van der Waals surface area contributed by atoms with Crippen LogP contribution in [-0.4, -0.2) is 20.9 Å². The minimum Gasteiger partial charge on any atom is -0.343 e. The summed E-state index contributed by atoms with van der Waals surface area (Å²) < 4.78 is 54.9. The van der Waals surface area contributed by atoms with Gasteiger partial charge in [-0.05, 0) is 37.3 Å². The molecule has 0 fully saturated rings. The van der Waals surface area contributed by atoms with Gasteiger partial charge >= 0.3 is 6.18 Å². The molecule has 2 heterocycles. The Labute approximate surface area is 159 Å². The minimum absolute atomic E-state index is 0.202. The van der Waals surface area contributed by atoms with Crippen LogP contribution in [-0.2, 0) is 6.18 Å². The molecule has 0 aliphatic carbocycles. The van der Waals surface area contributed by atoms with Crippen molar-refractivity contribution < 1.29 is 22.4 Å². The molecular weight excluding hydrogens is 408 g/mol. The summed E-state index contributed by atoms with van der Waals surface area (Å²) >= 11 is 7.02. The Bertz CT molecular complexity index is 985. The summed E-state index contributed by atoms with van der Waals surface area (Å²) in [6.07, 6.45) is -4.93. The molecule has 1 unspecified atom stereocenters. The highest BCUT2D eigenvalue weighted by Gasteiger charge is 2.42. The van der Waals surface area contributed by atoms with Crippen molar-refractivity contribution in [2.75, 3.05) is 0 Å². The first-order valence-electron chi connectivity index (χ1n) is 7.51. The number of thiophene rings is 1. The van der Waals surface area contributed by atoms with E-state index >= 15 is 0 Å². The van der Waals surface area contributed by atoms with Crippen molar-refractivity contribution >= 4 is 28.8 Å². The van der Waals surface area contributed by atoms with E-state index < -0.39 is 35.3 Å². The third kappa shape index (κ3) is 4.11. The number of aromatic nitrogens is 3. The molecule has 0 bridgehead atoms. The van der Waals surface area contributed by atoms with Crippen LogP contribution in [0.5, 0.6) is 0 Å². The normalized spacial score (nSPS) is 12.8. The molecule has 3 aromatic rings. The van der Waals surface area contributed by atoms with E-state index in [9.17, 15) is 22.4 Å². The fraction of sp³-hybridized carbons (Fsp3) is 0.188. The molecule has 0 saturated heterocycles. The number of nitrogens with one attached hydrogen (secondary N) is 1. The maximum atomic E-state index is 13.6. The Morgan fingerprint density at radius 3 is 2.63 bits per heavy atom. The molecule has 0 aliphatic rings. The molecule has 1 N–H and O–H groups in total. The van der Waals surface area contributed by atoms with Crippen LogP contribution in [0.15, 0.2) is 36.4 Å². The molecule has 0 radical (unpaired) electrons. The predicted octanol–water partition coefficient (Wildman–Crippen LogP) is 4.63. The van der Waals surface area contributed by atoms with Gasteiger partial charge in [0.25, 0.3) is 5.91 Å².